The van der Waals surface area contributed by atoms with Crippen LogP contribution in [0.4, 0.5) is 4.79 Å². The second kappa shape index (κ2) is 8.25. The zero-order valence-electron chi connectivity index (χ0n) is 12.9. The molecule has 0 unspecified atom stereocenters. The lowest BCUT2D eigenvalue weighted by Crippen LogP contribution is -2.34. The molecular weight excluding hydrogens is 266 g/mol. The highest BCUT2D eigenvalue weighted by molar-refractivity contribution is 5.93. The summed E-state index contributed by atoms with van der Waals surface area (Å²) in [7, 11) is 0. The number of ether oxygens (including phenoxy) is 1. The molecule has 0 saturated carbocycles. The van der Waals surface area contributed by atoms with Gasteiger partial charge < -0.3 is 4.74 Å². The number of benzene rings is 1. The Hall–Kier alpha value is -2.10. The molecule has 1 aromatic carbocycles. The number of hydrogen-bond acceptors (Lipinski definition) is 3. The number of cyclic esters (lactones) is 1. The second-order valence-electron chi connectivity index (χ2n) is 4.68. The fourth-order valence-electron chi connectivity index (χ4n) is 2.07. The van der Waals surface area contributed by atoms with E-state index in [4.69, 9.17) is 4.74 Å². The number of nitrogens with zero attached hydrogens (tertiary/aromatic N) is 1. The molecule has 4 heteroatoms. The van der Waals surface area contributed by atoms with Gasteiger partial charge in [0.1, 0.15) is 12.6 Å². The highest BCUT2D eigenvalue weighted by Crippen LogP contribution is 2.28. The minimum atomic E-state index is -0.560. The largest absolute Gasteiger partial charge is 0.446 e. The molecule has 2 atom stereocenters. The predicted molar refractivity (Wildman–Crippen MR) is 82.7 cm³/mol. The zero-order valence-corrected chi connectivity index (χ0v) is 12.9. The Kier molecular flexibility index (Phi) is 6.66. The van der Waals surface area contributed by atoms with Crippen LogP contribution in [-0.2, 0) is 9.53 Å². The van der Waals surface area contributed by atoms with Crippen molar-refractivity contribution in [1.29, 1.82) is 0 Å². The molecule has 1 fully saturated rings. The summed E-state index contributed by atoms with van der Waals surface area (Å²) in [6.45, 7) is 9.76. The van der Waals surface area contributed by atoms with Crippen LogP contribution in [0.5, 0.6) is 0 Å². The van der Waals surface area contributed by atoms with Gasteiger partial charge in [0.25, 0.3) is 0 Å². The summed E-state index contributed by atoms with van der Waals surface area (Å²) in [5.41, 5.74) is 0.910. The monoisotopic (exact) mass is 289 g/mol. The van der Waals surface area contributed by atoms with Crippen molar-refractivity contribution in [1.82, 2.24) is 4.90 Å². The first kappa shape index (κ1) is 17.0. The van der Waals surface area contributed by atoms with Gasteiger partial charge in [-0.2, -0.15) is 0 Å². The van der Waals surface area contributed by atoms with Crippen LogP contribution in [0.1, 0.15) is 38.8 Å². The lowest BCUT2D eigenvalue weighted by Gasteiger charge is -2.20. The minimum Gasteiger partial charge on any atom is -0.446 e. The van der Waals surface area contributed by atoms with Crippen LogP contribution in [0.2, 0.25) is 0 Å². The molecule has 0 aromatic heterocycles. The Bertz CT molecular complexity index is 484. The van der Waals surface area contributed by atoms with E-state index in [1.807, 2.05) is 51.1 Å². The molecule has 1 saturated heterocycles. The van der Waals surface area contributed by atoms with Gasteiger partial charge >= 0.3 is 6.09 Å². The number of allylic oxidation sites excluding steroid dienone is 1. The molecule has 0 N–H and O–H groups in total. The summed E-state index contributed by atoms with van der Waals surface area (Å²) in [5, 5.41) is 0. The van der Waals surface area contributed by atoms with E-state index in [1.54, 1.807) is 6.08 Å². The van der Waals surface area contributed by atoms with E-state index in [-0.39, 0.29) is 30.9 Å². The van der Waals surface area contributed by atoms with Crippen LogP contribution in [0.15, 0.2) is 43.0 Å². The molecule has 114 valence electrons. The van der Waals surface area contributed by atoms with Crippen molar-refractivity contribution in [2.45, 2.75) is 33.2 Å². The lowest BCUT2D eigenvalue weighted by atomic mass is 10.0. The van der Waals surface area contributed by atoms with Crippen molar-refractivity contribution in [3.8, 4) is 0 Å². The molecule has 0 radical (unpaired) electrons. The van der Waals surface area contributed by atoms with Gasteiger partial charge in [-0.05, 0) is 11.5 Å². The lowest BCUT2D eigenvalue weighted by molar-refractivity contribution is -0.129. The third-order valence-electron chi connectivity index (χ3n) is 3.23. The van der Waals surface area contributed by atoms with E-state index in [2.05, 4.69) is 6.58 Å². The molecule has 2 rings (SSSR count). The number of carbonyl (C=O) groups is 2. The number of rotatable bonds is 4. The Morgan fingerprint density at radius 3 is 2.62 bits per heavy atom. The van der Waals surface area contributed by atoms with Gasteiger partial charge in [0, 0.05) is 6.42 Å². The van der Waals surface area contributed by atoms with E-state index in [1.165, 1.54) is 4.90 Å². The third-order valence-corrected chi connectivity index (χ3v) is 3.23. The SMILES string of the molecule is C=C[C@@H](C)CC(=O)N1C(=O)OC[C@@H]1c1ccccc1.CC. The maximum absolute atomic E-state index is 12.2. The molecule has 1 heterocycles. The summed E-state index contributed by atoms with van der Waals surface area (Å²) >= 11 is 0. The van der Waals surface area contributed by atoms with E-state index in [9.17, 15) is 9.59 Å². The highest BCUT2D eigenvalue weighted by atomic mass is 16.6. The fourth-order valence-corrected chi connectivity index (χ4v) is 2.07. The van der Waals surface area contributed by atoms with E-state index < -0.39 is 6.09 Å². The molecule has 21 heavy (non-hydrogen) atoms. The molecule has 4 nitrogen and oxygen atoms in total. The standard InChI is InChI=1S/C15H17NO3.C2H6/c1-3-11(2)9-14(17)16-13(10-19-15(16)18)12-7-5-4-6-8-12;1-2/h3-8,11,13H,1,9-10H2,2H3;1-2H3/t11-,13-;/m1./s1. The second-order valence-corrected chi connectivity index (χ2v) is 4.68. The molecular formula is C17H23NO3. The first-order valence-corrected chi connectivity index (χ1v) is 7.29. The average molecular weight is 289 g/mol. The maximum Gasteiger partial charge on any atom is 0.417 e. The van der Waals surface area contributed by atoms with Crippen molar-refractivity contribution in [2.75, 3.05) is 6.61 Å². The molecule has 0 aliphatic carbocycles. The molecule has 1 aliphatic heterocycles. The van der Waals surface area contributed by atoms with Gasteiger partial charge in [0.2, 0.25) is 5.91 Å². The molecule has 2 amide bonds. The topological polar surface area (TPSA) is 46.6 Å². The van der Waals surface area contributed by atoms with Gasteiger partial charge in [-0.15, -0.1) is 6.58 Å². The van der Waals surface area contributed by atoms with Crippen LogP contribution in [-0.4, -0.2) is 23.5 Å². The number of imide groups is 1. The number of amides is 2. The number of carbonyl (C=O) groups excluding carboxylic acids is 2. The Morgan fingerprint density at radius 2 is 2.05 bits per heavy atom. The average Bonchev–Trinajstić information content (AvgIpc) is 2.91. The van der Waals surface area contributed by atoms with Gasteiger partial charge in [-0.1, -0.05) is 57.2 Å². The summed E-state index contributed by atoms with van der Waals surface area (Å²) in [4.78, 5) is 25.1. The summed E-state index contributed by atoms with van der Waals surface area (Å²) in [5.74, 6) is -0.180. The van der Waals surface area contributed by atoms with Crippen molar-refractivity contribution in [3.63, 3.8) is 0 Å². The maximum atomic E-state index is 12.2. The van der Waals surface area contributed by atoms with Crippen molar-refractivity contribution in [2.24, 2.45) is 5.92 Å². The van der Waals surface area contributed by atoms with Gasteiger partial charge in [-0.3, -0.25) is 4.79 Å². The van der Waals surface area contributed by atoms with E-state index in [0.29, 0.717) is 0 Å². The minimum absolute atomic E-state index is 0.0392. The smallest absolute Gasteiger partial charge is 0.417 e. The van der Waals surface area contributed by atoms with Gasteiger partial charge in [-0.25, -0.2) is 9.69 Å². The van der Waals surface area contributed by atoms with Crippen molar-refractivity contribution < 1.29 is 14.3 Å². The molecule has 1 aromatic rings. The van der Waals surface area contributed by atoms with Crippen molar-refractivity contribution >= 4 is 12.0 Å². The first-order chi connectivity index (χ1) is 10.1. The predicted octanol–water partition coefficient (Wildman–Crippen LogP) is 3.94. The van der Waals surface area contributed by atoms with Crippen LogP contribution >= 0.6 is 0 Å². The fraction of sp³-hybridized carbons (Fsp3) is 0.412. The van der Waals surface area contributed by atoms with Crippen molar-refractivity contribution in [3.05, 3.63) is 48.6 Å². The molecule has 0 bridgehead atoms. The number of hydrogen-bond donors (Lipinski definition) is 0. The van der Waals surface area contributed by atoms with E-state index >= 15 is 0 Å². The third kappa shape index (κ3) is 4.18. The highest BCUT2D eigenvalue weighted by Gasteiger charge is 2.38. The van der Waals surface area contributed by atoms with Gasteiger partial charge in [0.05, 0.1) is 0 Å². The molecule has 1 aliphatic rings. The first-order valence-electron chi connectivity index (χ1n) is 7.29. The zero-order chi connectivity index (χ0) is 15.8. The summed E-state index contributed by atoms with van der Waals surface area (Å²) < 4.78 is 5.01. The van der Waals surface area contributed by atoms with Crippen LogP contribution < -0.4 is 0 Å². The Balaban J connectivity index is 0.00000106. The van der Waals surface area contributed by atoms with Crippen LogP contribution in [0.3, 0.4) is 0 Å². The Morgan fingerprint density at radius 1 is 1.43 bits per heavy atom. The summed E-state index contributed by atoms with van der Waals surface area (Å²) in [6, 6.07) is 9.12. The van der Waals surface area contributed by atoms with Gasteiger partial charge in [0.15, 0.2) is 0 Å². The van der Waals surface area contributed by atoms with Crippen LogP contribution in [0.25, 0.3) is 0 Å². The van der Waals surface area contributed by atoms with E-state index in [0.717, 1.165) is 5.56 Å². The van der Waals surface area contributed by atoms with Crippen LogP contribution in [0, 0.1) is 5.92 Å². The molecule has 0 spiro atoms. The Labute approximate surface area is 126 Å². The summed E-state index contributed by atoms with van der Waals surface area (Å²) in [6.07, 6.45) is 1.41. The quantitative estimate of drug-likeness (QED) is 0.789. The normalized spacial score (nSPS) is 18.3.